The zero-order valence-corrected chi connectivity index (χ0v) is 14.7. The first-order valence-electron chi connectivity index (χ1n) is 8.50. The summed E-state index contributed by atoms with van der Waals surface area (Å²) in [6.07, 6.45) is 3.21. The molecule has 6 heteroatoms. The van der Waals surface area contributed by atoms with Crippen molar-refractivity contribution in [1.29, 1.82) is 0 Å². The number of benzene rings is 1. The molecule has 1 aliphatic heterocycles. The number of hydrogen-bond donors (Lipinski definition) is 2. The number of amides is 1. The minimum atomic E-state index is 0.146. The number of H-pyrrole nitrogens is 1. The summed E-state index contributed by atoms with van der Waals surface area (Å²) in [6, 6.07) is 5.89. The van der Waals surface area contributed by atoms with Crippen LogP contribution in [-0.4, -0.2) is 64.6 Å². The molecule has 1 unspecified atom stereocenters. The summed E-state index contributed by atoms with van der Waals surface area (Å²) >= 11 is 6.07. The standard InChI is InChI=1S/C18H24ClN3O2/c1-2-15(12-23)21-5-7-22(8-6-21)18(24)9-13-11-20-17-4-3-14(19)10-16(13)17/h3-4,10-11,15,20,23H,2,5-9,12H2,1H3. The number of aliphatic hydroxyl groups is 1. The smallest absolute Gasteiger partial charge is 0.227 e. The SMILES string of the molecule is CCC(CO)N1CCN(C(=O)Cc2c[nH]c3ccc(Cl)cc23)CC1. The number of piperazine rings is 1. The Morgan fingerprint density at radius 1 is 1.33 bits per heavy atom. The van der Waals surface area contributed by atoms with E-state index in [2.05, 4.69) is 16.8 Å². The first-order chi connectivity index (χ1) is 11.6. The fraction of sp³-hybridized carbons (Fsp3) is 0.500. The molecule has 2 heterocycles. The van der Waals surface area contributed by atoms with Crippen molar-refractivity contribution in [3.8, 4) is 0 Å². The second-order valence-electron chi connectivity index (χ2n) is 6.34. The molecule has 130 valence electrons. The van der Waals surface area contributed by atoms with Crippen LogP contribution < -0.4 is 0 Å². The molecular formula is C18H24ClN3O2. The number of hydrogen-bond acceptors (Lipinski definition) is 3. The average molecular weight is 350 g/mol. The Bertz CT molecular complexity index is 703. The van der Waals surface area contributed by atoms with E-state index in [0.717, 1.165) is 49.1 Å². The number of nitrogens with zero attached hydrogens (tertiary/aromatic N) is 2. The van der Waals surface area contributed by atoms with E-state index in [4.69, 9.17) is 11.6 Å². The van der Waals surface area contributed by atoms with E-state index in [9.17, 15) is 9.90 Å². The molecule has 1 aliphatic rings. The van der Waals surface area contributed by atoms with Gasteiger partial charge in [0.05, 0.1) is 13.0 Å². The summed E-state index contributed by atoms with van der Waals surface area (Å²) in [4.78, 5) is 20.0. The molecule has 5 nitrogen and oxygen atoms in total. The summed E-state index contributed by atoms with van der Waals surface area (Å²) in [5.41, 5.74) is 1.99. The number of aliphatic hydroxyl groups excluding tert-OH is 1. The lowest BCUT2D eigenvalue weighted by atomic mass is 10.1. The normalized spacial score (nSPS) is 17.4. The number of nitrogens with one attached hydrogen (secondary N) is 1. The van der Waals surface area contributed by atoms with Crippen LogP contribution in [0.3, 0.4) is 0 Å². The Hall–Kier alpha value is -1.56. The van der Waals surface area contributed by atoms with Crippen LogP contribution >= 0.6 is 11.6 Å². The molecule has 1 amide bonds. The van der Waals surface area contributed by atoms with Gasteiger partial charge in [-0.3, -0.25) is 9.69 Å². The summed E-state index contributed by atoms with van der Waals surface area (Å²) in [7, 11) is 0. The number of fused-ring (bicyclic) bond motifs is 1. The third-order valence-electron chi connectivity index (χ3n) is 4.94. The van der Waals surface area contributed by atoms with Gasteiger partial charge in [0.15, 0.2) is 0 Å². The van der Waals surface area contributed by atoms with Gasteiger partial charge in [0.1, 0.15) is 0 Å². The summed E-state index contributed by atoms with van der Waals surface area (Å²) in [5.74, 6) is 0.146. The van der Waals surface area contributed by atoms with Crippen LogP contribution in [0.25, 0.3) is 10.9 Å². The first-order valence-corrected chi connectivity index (χ1v) is 8.88. The van der Waals surface area contributed by atoms with E-state index in [-0.39, 0.29) is 18.6 Å². The van der Waals surface area contributed by atoms with Gasteiger partial charge in [-0.05, 0) is 30.2 Å². The van der Waals surface area contributed by atoms with Crippen molar-refractivity contribution in [2.45, 2.75) is 25.8 Å². The number of carbonyl (C=O) groups excluding carboxylic acids is 1. The maximum absolute atomic E-state index is 12.6. The molecule has 1 atom stereocenters. The molecular weight excluding hydrogens is 326 g/mol. The van der Waals surface area contributed by atoms with Gasteiger partial charge in [-0.15, -0.1) is 0 Å². The van der Waals surface area contributed by atoms with Crippen molar-refractivity contribution in [1.82, 2.24) is 14.8 Å². The second kappa shape index (κ2) is 7.55. The van der Waals surface area contributed by atoms with E-state index in [1.165, 1.54) is 0 Å². The Kier molecular flexibility index (Phi) is 5.43. The number of halogens is 1. The van der Waals surface area contributed by atoms with Gasteiger partial charge in [0.2, 0.25) is 5.91 Å². The second-order valence-corrected chi connectivity index (χ2v) is 6.78. The van der Waals surface area contributed by atoms with E-state index in [1.54, 1.807) is 0 Å². The highest BCUT2D eigenvalue weighted by Gasteiger charge is 2.25. The van der Waals surface area contributed by atoms with Crippen LogP contribution in [0.1, 0.15) is 18.9 Å². The highest BCUT2D eigenvalue weighted by Crippen LogP contribution is 2.23. The highest BCUT2D eigenvalue weighted by atomic mass is 35.5. The van der Waals surface area contributed by atoms with Gasteiger partial charge >= 0.3 is 0 Å². The van der Waals surface area contributed by atoms with Gasteiger partial charge in [0.25, 0.3) is 0 Å². The van der Waals surface area contributed by atoms with Crippen molar-refractivity contribution < 1.29 is 9.90 Å². The number of aromatic nitrogens is 1. The van der Waals surface area contributed by atoms with Crippen LogP contribution in [0.15, 0.2) is 24.4 Å². The van der Waals surface area contributed by atoms with Gasteiger partial charge in [-0.25, -0.2) is 0 Å². The third-order valence-corrected chi connectivity index (χ3v) is 5.17. The van der Waals surface area contributed by atoms with Gasteiger partial charge in [-0.1, -0.05) is 18.5 Å². The predicted molar refractivity (Wildman–Crippen MR) is 96.3 cm³/mol. The van der Waals surface area contributed by atoms with Crippen molar-refractivity contribution >= 4 is 28.4 Å². The van der Waals surface area contributed by atoms with E-state index in [1.807, 2.05) is 29.3 Å². The first kappa shape index (κ1) is 17.3. The molecule has 0 bridgehead atoms. The molecule has 3 rings (SSSR count). The lowest BCUT2D eigenvalue weighted by molar-refractivity contribution is -0.132. The summed E-state index contributed by atoms with van der Waals surface area (Å²) in [5, 5.41) is 11.1. The topological polar surface area (TPSA) is 59.6 Å². The number of aromatic amines is 1. The van der Waals surface area contributed by atoms with E-state index < -0.39 is 0 Å². The van der Waals surface area contributed by atoms with Gasteiger partial charge in [-0.2, -0.15) is 0 Å². The Morgan fingerprint density at radius 2 is 2.08 bits per heavy atom. The minimum Gasteiger partial charge on any atom is -0.395 e. The molecule has 1 aromatic carbocycles. The van der Waals surface area contributed by atoms with Gasteiger partial charge < -0.3 is 15.0 Å². The van der Waals surface area contributed by atoms with Crippen molar-refractivity contribution in [2.75, 3.05) is 32.8 Å². The average Bonchev–Trinajstić information content (AvgIpc) is 2.98. The van der Waals surface area contributed by atoms with Crippen LogP contribution in [0.5, 0.6) is 0 Å². The number of carbonyl (C=O) groups is 1. The molecule has 1 saturated heterocycles. The molecule has 1 aromatic heterocycles. The van der Waals surface area contributed by atoms with E-state index >= 15 is 0 Å². The van der Waals surface area contributed by atoms with E-state index in [0.29, 0.717) is 11.4 Å². The van der Waals surface area contributed by atoms with Crippen LogP contribution in [0, 0.1) is 0 Å². The Labute approximate surface area is 147 Å². The fourth-order valence-electron chi connectivity index (χ4n) is 3.41. The largest absolute Gasteiger partial charge is 0.395 e. The summed E-state index contributed by atoms with van der Waals surface area (Å²) < 4.78 is 0. The molecule has 2 aromatic rings. The quantitative estimate of drug-likeness (QED) is 0.870. The van der Waals surface area contributed by atoms with Crippen molar-refractivity contribution in [3.05, 3.63) is 35.0 Å². The zero-order valence-electron chi connectivity index (χ0n) is 14.0. The molecule has 1 fully saturated rings. The molecule has 0 aliphatic carbocycles. The summed E-state index contributed by atoms with van der Waals surface area (Å²) in [6.45, 7) is 5.35. The molecule has 24 heavy (non-hydrogen) atoms. The molecule has 0 saturated carbocycles. The Balaban J connectivity index is 1.62. The van der Waals surface area contributed by atoms with Crippen LogP contribution in [-0.2, 0) is 11.2 Å². The minimum absolute atomic E-state index is 0.146. The lowest BCUT2D eigenvalue weighted by Crippen LogP contribution is -2.53. The number of rotatable bonds is 5. The maximum atomic E-state index is 12.6. The Morgan fingerprint density at radius 3 is 2.75 bits per heavy atom. The van der Waals surface area contributed by atoms with Crippen LogP contribution in [0.4, 0.5) is 0 Å². The zero-order chi connectivity index (χ0) is 17.1. The van der Waals surface area contributed by atoms with Crippen LogP contribution in [0.2, 0.25) is 5.02 Å². The molecule has 0 spiro atoms. The van der Waals surface area contributed by atoms with Crippen molar-refractivity contribution in [2.24, 2.45) is 0 Å². The van der Waals surface area contributed by atoms with Crippen molar-refractivity contribution in [3.63, 3.8) is 0 Å². The maximum Gasteiger partial charge on any atom is 0.227 e. The predicted octanol–water partition coefficient (Wildman–Crippen LogP) is 2.28. The monoisotopic (exact) mass is 349 g/mol. The lowest BCUT2D eigenvalue weighted by Gasteiger charge is -2.38. The molecule has 2 N–H and O–H groups in total. The molecule has 0 radical (unpaired) electrons. The fourth-order valence-corrected chi connectivity index (χ4v) is 3.58. The third kappa shape index (κ3) is 3.58. The van der Waals surface area contributed by atoms with Gasteiger partial charge in [0, 0.05) is 54.3 Å². The highest BCUT2D eigenvalue weighted by molar-refractivity contribution is 6.31.